The molecule has 0 radical (unpaired) electrons. The fourth-order valence-corrected chi connectivity index (χ4v) is 2.45. The lowest BCUT2D eigenvalue weighted by Gasteiger charge is -2.23. The number of guanidine groups is 1. The quantitative estimate of drug-likeness (QED) is 0.669. The molecule has 1 fully saturated rings. The Balaban J connectivity index is 2.08. The van der Waals surface area contributed by atoms with Crippen molar-refractivity contribution in [2.75, 3.05) is 19.6 Å². The largest absolute Gasteiger partial charge is 0.357 e. The van der Waals surface area contributed by atoms with E-state index in [0.29, 0.717) is 12.0 Å². The lowest BCUT2D eigenvalue weighted by molar-refractivity contribution is 0.370. The van der Waals surface area contributed by atoms with E-state index < -0.39 is 0 Å². The van der Waals surface area contributed by atoms with Gasteiger partial charge in [-0.15, -0.1) is 10.2 Å². The standard InChI is InChI=1S/C14H26N6/c1-6-15-13(20-8-7-14(3,4)10-20)16-9-12-18-17-11(2)19(12)5/h6-10H2,1-5H3,(H,15,16). The van der Waals surface area contributed by atoms with Crippen molar-refractivity contribution >= 4 is 5.96 Å². The first-order valence-electron chi connectivity index (χ1n) is 7.31. The lowest BCUT2D eigenvalue weighted by Crippen LogP contribution is -2.40. The van der Waals surface area contributed by atoms with Gasteiger partial charge in [0.1, 0.15) is 12.4 Å². The van der Waals surface area contributed by atoms with Crippen LogP contribution in [0.5, 0.6) is 0 Å². The molecule has 1 aliphatic heterocycles. The highest BCUT2D eigenvalue weighted by molar-refractivity contribution is 5.80. The summed E-state index contributed by atoms with van der Waals surface area (Å²) in [7, 11) is 1.98. The van der Waals surface area contributed by atoms with Gasteiger partial charge in [0.15, 0.2) is 11.8 Å². The predicted octanol–water partition coefficient (Wildman–Crippen LogP) is 1.32. The first-order chi connectivity index (χ1) is 9.43. The van der Waals surface area contributed by atoms with E-state index >= 15 is 0 Å². The molecule has 0 spiro atoms. The maximum atomic E-state index is 4.71. The second kappa shape index (κ2) is 5.81. The summed E-state index contributed by atoms with van der Waals surface area (Å²) in [6.07, 6.45) is 1.21. The fraction of sp³-hybridized carbons (Fsp3) is 0.786. The third-order valence-electron chi connectivity index (χ3n) is 3.86. The van der Waals surface area contributed by atoms with Crippen LogP contribution in [0.2, 0.25) is 0 Å². The highest BCUT2D eigenvalue weighted by Crippen LogP contribution is 2.28. The van der Waals surface area contributed by atoms with E-state index in [4.69, 9.17) is 4.99 Å². The minimum atomic E-state index is 0.373. The number of hydrogen-bond acceptors (Lipinski definition) is 3. The Bertz CT molecular complexity index is 488. The molecule has 112 valence electrons. The smallest absolute Gasteiger partial charge is 0.194 e. The van der Waals surface area contributed by atoms with Gasteiger partial charge in [0.05, 0.1) is 0 Å². The van der Waals surface area contributed by atoms with Crippen molar-refractivity contribution in [1.29, 1.82) is 0 Å². The summed E-state index contributed by atoms with van der Waals surface area (Å²) < 4.78 is 1.99. The zero-order valence-electron chi connectivity index (χ0n) is 13.3. The van der Waals surface area contributed by atoms with Crippen LogP contribution in [-0.2, 0) is 13.6 Å². The van der Waals surface area contributed by atoms with Crippen LogP contribution < -0.4 is 5.32 Å². The molecule has 0 bridgehead atoms. The molecule has 1 aromatic rings. The third kappa shape index (κ3) is 3.29. The molecule has 1 N–H and O–H groups in total. The Morgan fingerprint density at radius 3 is 2.65 bits per heavy atom. The van der Waals surface area contributed by atoms with E-state index in [0.717, 1.165) is 37.2 Å². The summed E-state index contributed by atoms with van der Waals surface area (Å²) in [4.78, 5) is 7.05. The van der Waals surface area contributed by atoms with Crippen LogP contribution in [0.3, 0.4) is 0 Å². The molecule has 0 aromatic carbocycles. The lowest BCUT2D eigenvalue weighted by atomic mass is 9.93. The summed E-state index contributed by atoms with van der Waals surface area (Å²) in [6.45, 7) is 12.2. The summed E-state index contributed by atoms with van der Waals surface area (Å²) in [5.74, 6) is 2.80. The molecule has 1 saturated heterocycles. The van der Waals surface area contributed by atoms with Crippen molar-refractivity contribution < 1.29 is 0 Å². The molecule has 0 unspecified atom stereocenters. The number of likely N-dealkylation sites (tertiary alicyclic amines) is 1. The van der Waals surface area contributed by atoms with Crippen LogP contribution in [0.15, 0.2) is 4.99 Å². The Morgan fingerprint density at radius 1 is 1.40 bits per heavy atom. The molecule has 0 amide bonds. The molecule has 6 heteroatoms. The zero-order chi connectivity index (χ0) is 14.8. The highest BCUT2D eigenvalue weighted by atomic mass is 15.3. The number of aliphatic imine (C=N–C) groups is 1. The van der Waals surface area contributed by atoms with Crippen molar-refractivity contribution in [3.05, 3.63) is 11.6 Å². The average Bonchev–Trinajstić information content (AvgIpc) is 2.90. The normalized spacial score (nSPS) is 18.6. The van der Waals surface area contributed by atoms with E-state index in [9.17, 15) is 0 Å². The van der Waals surface area contributed by atoms with Crippen LogP contribution in [0.1, 0.15) is 38.8 Å². The topological polar surface area (TPSA) is 58.3 Å². The van der Waals surface area contributed by atoms with Crippen molar-refractivity contribution in [1.82, 2.24) is 25.0 Å². The molecule has 0 saturated carbocycles. The predicted molar refractivity (Wildman–Crippen MR) is 80.5 cm³/mol. The summed E-state index contributed by atoms with van der Waals surface area (Å²) in [5.41, 5.74) is 0.373. The van der Waals surface area contributed by atoms with Gasteiger partial charge in [-0.3, -0.25) is 0 Å². The van der Waals surface area contributed by atoms with Crippen molar-refractivity contribution in [3.63, 3.8) is 0 Å². The van der Waals surface area contributed by atoms with Gasteiger partial charge >= 0.3 is 0 Å². The van der Waals surface area contributed by atoms with E-state index in [2.05, 4.69) is 41.2 Å². The number of nitrogens with one attached hydrogen (secondary N) is 1. The number of hydrogen-bond donors (Lipinski definition) is 1. The zero-order valence-corrected chi connectivity index (χ0v) is 13.3. The van der Waals surface area contributed by atoms with E-state index in [1.54, 1.807) is 0 Å². The molecule has 2 heterocycles. The van der Waals surface area contributed by atoms with Crippen LogP contribution >= 0.6 is 0 Å². The van der Waals surface area contributed by atoms with E-state index in [1.165, 1.54) is 6.42 Å². The SMILES string of the molecule is CCNC(=NCc1nnc(C)n1C)N1CCC(C)(C)C1. The maximum Gasteiger partial charge on any atom is 0.194 e. The molecular weight excluding hydrogens is 252 g/mol. The summed E-state index contributed by atoms with van der Waals surface area (Å²) >= 11 is 0. The van der Waals surface area contributed by atoms with Gasteiger partial charge in [-0.25, -0.2) is 4.99 Å². The minimum absolute atomic E-state index is 0.373. The molecule has 2 rings (SSSR count). The van der Waals surface area contributed by atoms with Crippen LogP contribution in [0.4, 0.5) is 0 Å². The van der Waals surface area contributed by atoms with Gasteiger partial charge in [0.2, 0.25) is 0 Å². The first kappa shape index (κ1) is 14.8. The molecule has 6 nitrogen and oxygen atoms in total. The Labute approximate surface area is 121 Å². The third-order valence-corrected chi connectivity index (χ3v) is 3.86. The number of aryl methyl sites for hydroxylation is 1. The Morgan fingerprint density at radius 2 is 2.15 bits per heavy atom. The van der Waals surface area contributed by atoms with Gasteiger partial charge in [-0.2, -0.15) is 0 Å². The van der Waals surface area contributed by atoms with E-state index in [1.807, 2.05) is 18.5 Å². The van der Waals surface area contributed by atoms with Crippen LogP contribution in [0, 0.1) is 12.3 Å². The van der Waals surface area contributed by atoms with Gasteiger partial charge in [-0.05, 0) is 25.7 Å². The van der Waals surface area contributed by atoms with Crippen molar-refractivity contribution in [3.8, 4) is 0 Å². The van der Waals surface area contributed by atoms with Gasteiger partial charge < -0.3 is 14.8 Å². The molecular formula is C14H26N6. The van der Waals surface area contributed by atoms with E-state index in [-0.39, 0.29) is 0 Å². The van der Waals surface area contributed by atoms with Gasteiger partial charge in [0.25, 0.3) is 0 Å². The minimum Gasteiger partial charge on any atom is -0.357 e. The number of rotatable bonds is 3. The summed E-state index contributed by atoms with van der Waals surface area (Å²) in [5, 5.41) is 11.6. The van der Waals surface area contributed by atoms with Crippen molar-refractivity contribution in [2.24, 2.45) is 17.5 Å². The summed E-state index contributed by atoms with van der Waals surface area (Å²) in [6, 6.07) is 0. The molecule has 0 atom stereocenters. The second-order valence-corrected chi connectivity index (χ2v) is 6.23. The first-order valence-corrected chi connectivity index (χ1v) is 7.31. The molecule has 20 heavy (non-hydrogen) atoms. The number of aromatic nitrogens is 3. The number of nitrogens with zero attached hydrogens (tertiary/aromatic N) is 5. The highest BCUT2D eigenvalue weighted by Gasteiger charge is 2.30. The van der Waals surface area contributed by atoms with Crippen molar-refractivity contribution in [2.45, 2.75) is 40.7 Å². The Hall–Kier alpha value is -1.59. The Kier molecular flexibility index (Phi) is 4.30. The monoisotopic (exact) mass is 278 g/mol. The molecule has 1 aliphatic rings. The molecule has 1 aromatic heterocycles. The van der Waals surface area contributed by atoms with Gasteiger partial charge in [0, 0.05) is 26.7 Å². The van der Waals surface area contributed by atoms with Crippen LogP contribution in [-0.4, -0.2) is 45.3 Å². The maximum absolute atomic E-state index is 4.71. The average molecular weight is 278 g/mol. The second-order valence-electron chi connectivity index (χ2n) is 6.23. The molecule has 0 aliphatic carbocycles. The fourth-order valence-electron chi connectivity index (χ4n) is 2.45. The van der Waals surface area contributed by atoms with Gasteiger partial charge in [-0.1, -0.05) is 13.8 Å². The van der Waals surface area contributed by atoms with Crippen LogP contribution in [0.25, 0.3) is 0 Å².